The summed E-state index contributed by atoms with van der Waals surface area (Å²) in [4.78, 5) is 27.9. The van der Waals surface area contributed by atoms with Gasteiger partial charge in [0, 0.05) is 39.0 Å². The van der Waals surface area contributed by atoms with Crippen molar-refractivity contribution in [2.45, 2.75) is 43.7 Å². The van der Waals surface area contributed by atoms with Crippen LogP contribution in [0, 0.1) is 0 Å². The molecule has 0 saturated carbocycles. The van der Waals surface area contributed by atoms with Gasteiger partial charge in [0.05, 0.1) is 22.7 Å². The van der Waals surface area contributed by atoms with Gasteiger partial charge in [0.1, 0.15) is 18.5 Å². The fourth-order valence-electron chi connectivity index (χ4n) is 4.19. The number of morpholine rings is 1. The van der Waals surface area contributed by atoms with Gasteiger partial charge < -0.3 is 24.6 Å². The van der Waals surface area contributed by atoms with Crippen molar-refractivity contribution in [1.82, 2.24) is 15.1 Å². The van der Waals surface area contributed by atoms with Crippen LogP contribution in [0.2, 0.25) is 5.02 Å². The van der Waals surface area contributed by atoms with Gasteiger partial charge in [-0.2, -0.15) is 13.2 Å². The molecule has 1 aromatic carbocycles. The van der Waals surface area contributed by atoms with Crippen LogP contribution in [0.5, 0.6) is 5.75 Å². The molecule has 2 atom stereocenters. The monoisotopic (exact) mass is 461 g/mol. The highest BCUT2D eigenvalue weighted by Crippen LogP contribution is 2.35. The number of alkyl halides is 3. The van der Waals surface area contributed by atoms with Crippen molar-refractivity contribution in [2.24, 2.45) is 0 Å². The Hall–Kier alpha value is -2.20. The molecule has 3 heterocycles. The number of nitrogens with one attached hydrogen (secondary N) is 1. The minimum absolute atomic E-state index is 0.0608. The van der Waals surface area contributed by atoms with Crippen molar-refractivity contribution in [1.29, 1.82) is 0 Å². The third-order valence-corrected chi connectivity index (χ3v) is 6.16. The molecule has 3 amide bonds. The SMILES string of the molecule is O=C1CO[C@H]2CCN(C(=O)N3CCC(Oc4ccc(C(F)(F)F)cc4Cl)CC3)C[C@H]2N1. The molecule has 0 spiro atoms. The Morgan fingerprint density at radius 1 is 1.16 bits per heavy atom. The number of benzene rings is 1. The second-order valence-electron chi connectivity index (χ2n) is 7.99. The Labute approximate surface area is 182 Å². The lowest BCUT2D eigenvalue weighted by Gasteiger charge is -2.43. The molecule has 0 unspecified atom stereocenters. The molecular weight excluding hydrogens is 439 g/mol. The number of amides is 3. The number of fused-ring (bicyclic) bond motifs is 1. The molecule has 31 heavy (non-hydrogen) atoms. The number of piperidine rings is 2. The van der Waals surface area contributed by atoms with Gasteiger partial charge in [-0.05, 0) is 24.6 Å². The van der Waals surface area contributed by atoms with Crippen molar-refractivity contribution >= 4 is 23.5 Å². The molecule has 1 aromatic rings. The van der Waals surface area contributed by atoms with Crippen LogP contribution in [0.1, 0.15) is 24.8 Å². The van der Waals surface area contributed by atoms with Crippen LogP contribution in [0.25, 0.3) is 0 Å². The van der Waals surface area contributed by atoms with Crippen LogP contribution in [0.15, 0.2) is 18.2 Å². The standard InChI is InChI=1S/C20H23ClF3N3O4/c21-14-9-12(20(22,23)24)1-2-16(14)31-13-3-6-26(7-4-13)19(29)27-8-5-17-15(10-27)25-18(28)11-30-17/h1-2,9,13,15,17H,3-8,10-11H2,(H,25,28)/t15-,17+/m1/s1. The van der Waals surface area contributed by atoms with E-state index in [1.165, 1.54) is 6.07 Å². The van der Waals surface area contributed by atoms with Crippen LogP contribution in [-0.4, -0.2) is 72.8 Å². The largest absolute Gasteiger partial charge is 0.489 e. The number of halogens is 4. The summed E-state index contributed by atoms with van der Waals surface area (Å²) in [7, 11) is 0. The van der Waals surface area contributed by atoms with Gasteiger partial charge in [-0.1, -0.05) is 11.6 Å². The lowest BCUT2D eigenvalue weighted by molar-refractivity contribution is -0.140. The number of ether oxygens (including phenoxy) is 2. The predicted molar refractivity (Wildman–Crippen MR) is 105 cm³/mol. The topological polar surface area (TPSA) is 71.1 Å². The van der Waals surface area contributed by atoms with Gasteiger partial charge in [-0.25, -0.2) is 4.79 Å². The molecule has 170 valence electrons. The molecule has 0 aliphatic carbocycles. The average molecular weight is 462 g/mol. The zero-order valence-electron chi connectivity index (χ0n) is 16.7. The average Bonchev–Trinajstić information content (AvgIpc) is 2.74. The summed E-state index contributed by atoms with van der Waals surface area (Å²) in [6.45, 7) is 1.97. The Balaban J connectivity index is 1.29. The second kappa shape index (κ2) is 8.74. The third-order valence-electron chi connectivity index (χ3n) is 5.86. The third kappa shape index (κ3) is 5.01. The highest BCUT2D eigenvalue weighted by atomic mass is 35.5. The van der Waals surface area contributed by atoms with Crippen molar-refractivity contribution in [2.75, 3.05) is 32.8 Å². The Morgan fingerprint density at radius 2 is 1.87 bits per heavy atom. The van der Waals surface area contributed by atoms with Crippen LogP contribution in [0.4, 0.5) is 18.0 Å². The first-order valence-corrected chi connectivity index (χ1v) is 10.6. The molecule has 4 rings (SSSR count). The lowest BCUT2D eigenvalue weighted by atomic mass is 10.0. The van der Waals surface area contributed by atoms with E-state index in [9.17, 15) is 22.8 Å². The lowest BCUT2D eigenvalue weighted by Crippen LogP contribution is -2.62. The van der Waals surface area contributed by atoms with Crippen molar-refractivity contribution in [3.05, 3.63) is 28.8 Å². The minimum Gasteiger partial charge on any atom is -0.489 e. The van der Waals surface area contributed by atoms with Crippen LogP contribution in [0.3, 0.4) is 0 Å². The zero-order valence-corrected chi connectivity index (χ0v) is 17.4. The Morgan fingerprint density at radius 3 is 2.55 bits per heavy atom. The van der Waals surface area contributed by atoms with Crippen molar-refractivity contribution in [3.63, 3.8) is 0 Å². The molecular formula is C20H23ClF3N3O4. The summed E-state index contributed by atoms with van der Waals surface area (Å²) in [6.07, 6.45) is -3.01. The van der Waals surface area contributed by atoms with Crippen molar-refractivity contribution in [3.8, 4) is 5.75 Å². The fraction of sp³-hybridized carbons (Fsp3) is 0.600. The summed E-state index contributed by atoms with van der Waals surface area (Å²) in [5.74, 6) is 0.0324. The molecule has 0 aromatic heterocycles. The number of nitrogens with zero attached hydrogens (tertiary/aromatic N) is 2. The molecule has 3 aliphatic heterocycles. The number of hydrogen-bond donors (Lipinski definition) is 1. The van der Waals surface area contributed by atoms with E-state index in [-0.39, 0.29) is 47.6 Å². The normalized spacial score (nSPS) is 25.1. The first-order chi connectivity index (χ1) is 14.7. The molecule has 0 radical (unpaired) electrons. The summed E-state index contributed by atoms with van der Waals surface area (Å²) in [5.41, 5.74) is -0.825. The Kier molecular flexibility index (Phi) is 6.20. The number of carbonyl (C=O) groups excluding carboxylic acids is 2. The zero-order chi connectivity index (χ0) is 22.2. The quantitative estimate of drug-likeness (QED) is 0.735. The van der Waals surface area contributed by atoms with Crippen LogP contribution >= 0.6 is 11.6 Å². The van der Waals surface area contributed by atoms with E-state index >= 15 is 0 Å². The first kappa shape index (κ1) is 22.0. The van der Waals surface area contributed by atoms with Crippen LogP contribution < -0.4 is 10.1 Å². The smallest absolute Gasteiger partial charge is 0.416 e. The molecule has 7 nitrogen and oxygen atoms in total. The molecule has 3 saturated heterocycles. The predicted octanol–water partition coefficient (Wildman–Crippen LogP) is 2.91. The van der Waals surface area contributed by atoms with Crippen molar-refractivity contribution < 1.29 is 32.2 Å². The molecule has 0 bridgehead atoms. The van der Waals surface area contributed by atoms with E-state index in [1.54, 1.807) is 9.80 Å². The minimum atomic E-state index is -4.46. The summed E-state index contributed by atoms with van der Waals surface area (Å²) in [6, 6.07) is 2.74. The van der Waals surface area contributed by atoms with Gasteiger partial charge in [-0.15, -0.1) is 0 Å². The molecule has 3 fully saturated rings. The summed E-state index contributed by atoms with van der Waals surface area (Å²) < 4.78 is 49.6. The maximum atomic E-state index is 12.9. The van der Waals surface area contributed by atoms with E-state index in [0.29, 0.717) is 45.4 Å². The molecule has 11 heteroatoms. The van der Waals surface area contributed by atoms with E-state index in [1.807, 2.05) is 0 Å². The van der Waals surface area contributed by atoms with Gasteiger partial charge in [0.2, 0.25) is 5.91 Å². The first-order valence-electron chi connectivity index (χ1n) is 10.2. The summed E-state index contributed by atoms with van der Waals surface area (Å²) in [5, 5.41) is 2.79. The Bertz CT molecular complexity index is 845. The van der Waals surface area contributed by atoms with Gasteiger partial charge >= 0.3 is 12.2 Å². The second-order valence-corrected chi connectivity index (χ2v) is 8.40. The molecule has 3 aliphatic rings. The highest BCUT2D eigenvalue weighted by Gasteiger charge is 2.38. The van der Waals surface area contributed by atoms with Gasteiger partial charge in [-0.3, -0.25) is 4.79 Å². The maximum Gasteiger partial charge on any atom is 0.416 e. The van der Waals surface area contributed by atoms with E-state index in [4.69, 9.17) is 21.1 Å². The number of rotatable bonds is 2. The number of likely N-dealkylation sites (tertiary alicyclic amines) is 2. The van der Waals surface area contributed by atoms with E-state index in [0.717, 1.165) is 12.1 Å². The number of hydrogen-bond acceptors (Lipinski definition) is 4. The highest BCUT2D eigenvalue weighted by molar-refractivity contribution is 6.32. The van der Waals surface area contributed by atoms with Gasteiger partial charge in [0.25, 0.3) is 0 Å². The van der Waals surface area contributed by atoms with Gasteiger partial charge in [0.15, 0.2) is 0 Å². The maximum absolute atomic E-state index is 12.9. The van der Waals surface area contributed by atoms with E-state index < -0.39 is 11.7 Å². The fourth-order valence-corrected chi connectivity index (χ4v) is 4.42. The number of carbonyl (C=O) groups is 2. The van der Waals surface area contributed by atoms with Crippen LogP contribution in [-0.2, 0) is 15.7 Å². The summed E-state index contributed by atoms with van der Waals surface area (Å²) >= 11 is 5.97. The molecule has 1 N–H and O–H groups in total. The van der Waals surface area contributed by atoms with E-state index in [2.05, 4.69) is 5.32 Å². The number of urea groups is 1.